The van der Waals surface area contributed by atoms with Crippen molar-refractivity contribution in [3.63, 3.8) is 0 Å². The van der Waals surface area contributed by atoms with Gasteiger partial charge in [-0.3, -0.25) is 4.79 Å². The first-order valence-corrected chi connectivity index (χ1v) is 6.30. The van der Waals surface area contributed by atoms with Crippen molar-refractivity contribution in [3.8, 4) is 0 Å². The Morgan fingerprint density at radius 2 is 1.87 bits per heavy atom. The van der Waals surface area contributed by atoms with Gasteiger partial charge in [-0.2, -0.15) is 0 Å². The van der Waals surface area contributed by atoms with Crippen molar-refractivity contribution in [1.29, 1.82) is 0 Å². The van der Waals surface area contributed by atoms with Crippen molar-refractivity contribution >= 4 is 5.91 Å². The summed E-state index contributed by atoms with van der Waals surface area (Å²) in [6, 6.07) is 0.358. The first kappa shape index (κ1) is 10.9. The number of hydrogen-bond acceptors (Lipinski definition) is 2. The zero-order valence-electron chi connectivity index (χ0n) is 9.37. The first-order valence-electron chi connectivity index (χ1n) is 6.30. The number of rotatable bonds is 4. The fraction of sp³-hybridized carbons (Fsp3) is 0.917. The van der Waals surface area contributed by atoms with Crippen LogP contribution in [0.3, 0.4) is 0 Å². The SMILES string of the molecule is NC(=O)[C@H]1CCCC[C@@H]1NCC1CCC1. The summed E-state index contributed by atoms with van der Waals surface area (Å²) >= 11 is 0. The van der Waals surface area contributed by atoms with Crippen molar-refractivity contribution in [2.45, 2.75) is 51.0 Å². The second-order valence-electron chi connectivity index (χ2n) is 5.10. The molecule has 0 unspecified atom stereocenters. The van der Waals surface area contributed by atoms with E-state index in [1.807, 2.05) is 0 Å². The molecule has 2 aliphatic rings. The van der Waals surface area contributed by atoms with Gasteiger partial charge in [0.1, 0.15) is 0 Å². The van der Waals surface area contributed by atoms with Crippen molar-refractivity contribution in [3.05, 3.63) is 0 Å². The zero-order valence-corrected chi connectivity index (χ0v) is 9.37. The normalized spacial score (nSPS) is 32.3. The number of nitrogens with two attached hydrogens (primary N) is 1. The van der Waals surface area contributed by atoms with Gasteiger partial charge in [-0.15, -0.1) is 0 Å². The topological polar surface area (TPSA) is 55.1 Å². The van der Waals surface area contributed by atoms with E-state index in [0.29, 0.717) is 6.04 Å². The van der Waals surface area contributed by atoms with Gasteiger partial charge in [0, 0.05) is 6.04 Å². The molecule has 3 heteroatoms. The molecule has 0 bridgehead atoms. The Morgan fingerprint density at radius 1 is 1.13 bits per heavy atom. The van der Waals surface area contributed by atoms with E-state index < -0.39 is 0 Å². The summed E-state index contributed by atoms with van der Waals surface area (Å²) < 4.78 is 0. The molecular formula is C12H22N2O. The molecule has 0 heterocycles. The zero-order chi connectivity index (χ0) is 10.7. The Morgan fingerprint density at radius 3 is 2.47 bits per heavy atom. The van der Waals surface area contributed by atoms with Gasteiger partial charge in [-0.25, -0.2) is 0 Å². The van der Waals surface area contributed by atoms with E-state index in [4.69, 9.17) is 5.73 Å². The fourth-order valence-corrected chi connectivity index (χ4v) is 2.73. The van der Waals surface area contributed by atoms with Crippen LogP contribution in [0.1, 0.15) is 44.9 Å². The molecule has 0 aromatic heterocycles. The van der Waals surface area contributed by atoms with E-state index >= 15 is 0 Å². The molecular weight excluding hydrogens is 188 g/mol. The Hall–Kier alpha value is -0.570. The summed E-state index contributed by atoms with van der Waals surface area (Å²) in [5.74, 6) is 0.833. The molecule has 0 radical (unpaired) electrons. The number of carbonyl (C=O) groups is 1. The summed E-state index contributed by atoms with van der Waals surface area (Å²) in [5.41, 5.74) is 5.43. The fourth-order valence-electron chi connectivity index (χ4n) is 2.73. The number of amides is 1. The van der Waals surface area contributed by atoms with E-state index in [1.54, 1.807) is 0 Å². The molecule has 2 atom stereocenters. The molecule has 0 saturated heterocycles. The quantitative estimate of drug-likeness (QED) is 0.737. The van der Waals surface area contributed by atoms with E-state index in [1.165, 1.54) is 25.7 Å². The van der Waals surface area contributed by atoms with E-state index in [9.17, 15) is 4.79 Å². The van der Waals surface area contributed by atoms with Crippen LogP contribution in [0.4, 0.5) is 0 Å². The lowest BCUT2D eigenvalue weighted by molar-refractivity contribution is -0.123. The van der Waals surface area contributed by atoms with Crippen LogP contribution in [0.25, 0.3) is 0 Å². The lowest BCUT2D eigenvalue weighted by atomic mass is 9.82. The van der Waals surface area contributed by atoms with Gasteiger partial charge in [0.25, 0.3) is 0 Å². The second kappa shape index (κ2) is 4.97. The lowest BCUT2D eigenvalue weighted by Gasteiger charge is -2.33. The Balaban J connectivity index is 1.78. The monoisotopic (exact) mass is 210 g/mol. The molecule has 0 aliphatic heterocycles. The van der Waals surface area contributed by atoms with Gasteiger partial charge in [-0.1, -0.05) is 19.3 Å². The first-order chi connectivity index (χ1) is 7.27. The third-order valence-electron chi connectivity index (χ3n) is 4.02. The minimum absolute atomic E-state index is 0.0822. The highest BCUT2D eigenvalue weighted by Crippen LogP contribution is 2.28. The number of hydrogen-bond donors (Lipinski definition) is 2. The van der Waals surface area contributed by atoms with E-state index in [-0.39, 0.29) is 11.8 Å². The Labute approximate surface area is 91.8 Å². The van der Waals surface area contributed by atoms with Gasteiger partial charge in [0.05, 0.1) is 5.92 Å². The molecule has 3 nitrogen and oxygen atoms in total. The van der Waals surface area contributed by atoms with Crippen LogP contribution in [0.5, 0.6) is 0 Å². The second-order valence-corrected chi connectivity index (χ2v) is 5.10. The van der Waals surface area contributed by atoms with E-state index in [0.717, 1.165) is 31.7 Å². The molecule has 0 spiro atoms. The van der Waals surface area contributed by atoms with Crippen LogP contribution in [-0.2, 0) is 4.79 Å². The molecule has 0 aromatic rings. The minimum Gasteiger partial charge on any atom is -0.369 e. The van der Waals surface area contributed by atoms with Crippen molar-refractivity contribution in [2.75, 3.05) is 6.54 Å². The van der Waals surface area contributed by atoms with Gasteiger partial charge < -0.3 is 11.1 Å². The number of nitrogens with one attached hydrogen (secondary N) is 1. The lowest BCUT2D eigenvalue weighted by Crippen LogP contribution is -2.46. The van der Waals surface area contributed by atoms with Crippen molar-refractivity contribution < 1.29 is 4.79 Å². The molecule has 0 aromatic carbocycles. The third kappa shape index (κ3) is 2.71. The number of carbonyl (C=O) groups excluding carboxylic acids is 1. The summed E-state index contributed by atoms with van der Waals surface area (Å²) in [6.45, 7) is 1.09. The average Bonchev–Trinajstić information content (AvgIpc) is 2.16. The molecule has 1 amide bonds. The summed E-state index contributed by atoms with van der Waals surface area (Å²) in [6.07, 6.45) is 8.62. The molecule has 3 N–H and O–H groups in total. The number of primary amides is 1. The molecule has 2 fully saturated rings. The Bertz CT molecular complexity index is 226. The molecule has 2 saturated carbocycles. The largest absolute Gasteiger partial charge is 0.369 e. The van der Waals surface area contributed by atoms with Gasteiger partial charge in [0.15, 0.2) is 0 Å². The van der Waals surface area contributed by atoms with E-state index in [2.05, 4.69) is 5.32 Å². The molecule has 2 aliphatic carbocycles. The van der Waals surface area contributed by atoms with Gasteiger partial charge >= 0.3 is 0 Å². The van der Waals surface area contributed by atoms with Crippen molar-refractivity contribution in [2.24, 2.45) is 17.6 Å². The molecule has 86 valence electrons. The van der Waals surface area contributed by atoms with Crippen molar-refractivity contribution in [1.82, 2.24) is 5.32 Å². The molecule has 15 heavy (non-hydrogen) atoms. The summed E-state index contributed by atoms with van der Waals surface area (Å²) in [4.78, 5) is 11.3. The van der Waals surface area contributed by atoms with Crippen LogP contribution >= 0.6 is 0 Å². The standard InChI is InChI=1S/C12H22N2O/c13-12(15)10-6-1-2-7-11(10)14-8-9-4-3-5-9/h9-11,14H,1-8H2,(H2,13,15)/t10-,11-/m0/s1. The summed E-state index contributed by atoms with van der Waals surface area (Å²) in [5, 5.41) is 3.55. The predicted octanol–water partition coefficient (Wildman–Crippen LogP) is 1.42. The predicted molar refractivity (Wildman–Crippen MR) is 60.3 cm³/mol. The van der Waals surface area contributed by atoms with Crippen LogP contribution in [0, 0.1) is 11.8 Å². The maximum Gasteiger partial charge on any atom is 0.222 e. The van der Waals surface area contributed by atoms with Crippen LogP contribution in [-0.4, -0.2) is 18.5 Å². The van der Waals surface area contributed by atoms with Crippen LogP contribution in [0.2, 0.25) is 0 Å². The minimum atomic E-state index is -0.110. The third-order valence-corrected chi connectivity index (χ3v) is 4.02. The average molecular weight is 210 g/mol. The van der Waals surface area contributed by atoms with Crippen LogP contribution in [0.15, 0.2) is 0 Å². The highest BCUT2D eigenvalue weighted by atomic mass is 16.1. The highest BCUT2D eigenvalue weighted by molar-refractivity contribution is 5.77. The summed E-state index contributed by atoms with van der Waals surface area (Å²) in [7, 11) is 0. The van der Waals surface area contributed by atoms with Gasteiger partial charge in [-0.05, 0) is 38.1 Å². The maximum atomic E-state index is 11.3. The highest BCUT2D eigenvalue weighted by Gasteiger charge is 2.29. The molecule has 2 rings (SSSR count). The maximum absolute atomic E-state index is 11.3. The van der Waals surface area contributed by atoms with Gasteiger partial charge in [0.2, 0.25) is 5.91 Å². The van der Waals surface area contributed by atoms with Crippen LogP contribution < -0.4 is 11.1 Å². The Kier molecular flexibility index (Phi) is 3.62. The smallest absolute Gasteiger partial charge is 0.222 e.